The van der Waals surface area contributed by atoms with Crippen molar-refractivity contribution in [3.8, 4) is 11.5 Å². The third-order valence-corrected chi connectivity index (χ3v) is 28.3. The van der Waals surface area contributed by atoms with E-state index in [9.17, 15) is 0 Å². The van der Waals surface area contributed by atoms with Crippen LogP contribution >= 0.6 is 0 Å². The van der Waals surface area contributed by atoms with Crippen LogP contribution in [0.2, 0.25) is 0 Å². The minimum Gasteiger partial charge on any atom is -0.0602 e. The standard InChI is InChI=1S/C90H55B2N5OSe3/c1-5-26-56(27-6-1)93(57-28-7-2-8-29-57)61-52-77-90-79(53-61)98-78-55-74-67(54-68(78)92(90)65-37-16-18-39-69(65)95(77)59-32-11-4-12-33-59)91-66-38-17-19-40-70(66)96(72-42-24-48-84-87(72)63-35-14-21-45-81(63)100-84)75-50-60(51-76(89(75)91)97(74)73-43-25-49-85-88(73)64-36-15-22-46-82(64)101-85)94(58-30-9-3-10-31-58)71-41-23-47-83-86(71)62-34-13-20-44-80(62)99-83/h1-55H. The van der Waals surface area contributed by atoms with Gasteiger partial charge in [0, 0.05) is 17.1 Å². The first kappa shape index (κ1) is 57.7. The van der Waals surface area contributed by atoms with Crippen molar-refractivity contribution < 1.29 is 4.74 Å². The van der Waals surface area contributed by atoms with Crippen LogP contribution in [0, 0.1) is 0 Å². The van der Waals surface area contributed by atoms with Crippen LogP contribution in [0.4, 0.5) is 85.3 Å². The zero-order valence-corrected chi connectivity index (χ0v) is 59.4. The largest absolute Gasteiger partial charge is 0.0602 e. The third-order valence-electron chi connectivity index (χ3n) is 21.2. The van der Waals surface area contributed by atoms with Gasteiger partial charge in [-0.15, -0.1) is 0 Å². The maximum Gasteiger partial charge on any atom is -0.0380 e. The predicted octanol–water partition coefficient (Wildman–Crippen LogP) is 19.2. The van der Waals surface area contributed by atoms with Crippen molar-refractivity contribution in [1.29, 1.82) is 0 Å². The van der Waals surface area contributed by atoms with E-state index in [1.807, 2.05) is 0 Å². The Kier molecular flexibility index (Phi) is 12.9. The van der Waals surface area contributed by atoms with Crippen LogP contribution in [0.1, 0.15) is 0 Å². The molecule has 0 unspecified atom stereocenters. The van der Waals surface area contributed by atoms with E-state index in [-0.39, 0.29) is 56.9 Å². The Morgan fingerprint density at radius 2 is 0.653 bits per heavy atom. The quantitative estimate of drug-likeness (QED) is 0.134. The molecule has 7 heterocycles. The summed E-state index contributed by atoms with van der Waals surface area (Å²) >= 11 is 0.374. The molecule has 0 spiro atoms. The van der Waals surface area contributed by atoms with Gasteiger partial charge >= 0.3 is 493 Å². The minimum atomic E-state index is -0.214. The smallest absolute Gasteiger partial charge is 0.0380 e. The summed E-state index contributed by atoms with van der Waals surface area (Å²) in [5.41, 5.74) is 24.0. The van der Waals surface area contributed by atoms with E-state index < -0.39 is 0 Å². The number of benzene rings is 15. The van der Waals surface area contributed by atoms with Gasteiger partial charge < -0.3 is 0 Å². The molecule has 18 aromatic rings. The van der Waals surface area contributed by atoms with Crippen LogP contribution < -0.4 is 62.0 Å². The monoisotopic (exact) mass is 1480 g/mol. The normalized spacial score (nSPS) is 13.1. The Morgan fingerprint density at radius 1 is 0.248 bits per heavy atom. The van der Waals surface area contributed by atoms with Crippen LogP contribution in [0.3, 0.4) is 0 Å². The molecule has 0 aliphatic carbocycles. The maximum atomic E-state index is 7.95. The first-order valence-corrected chi connectivity index (χ1v) is 39.6. The number of anilines is 15. The zero-order valence-electron chi connectivity index (χ0n) is 54.3. The van der Waals surface area contributed by atoms with Gasteiger partial charge in [-0.05, 0) is 36.4 Å². The molecule has 4 aliphatic rings. The number of hydrogen-bond donors (Lipinski definition) is 0. The van der Waals surface area contributed by atoms with Gasteiger partial charge in [0.05, 0.1) is 0 Å². The topological polar surface area (TPSA) is 25.4 Å². The molecule has 6 nitrogen and oxygen atoms in total. The fourth-order valence-electron chi connectivity index (χ4n) is 17.2. The Hall–Kier alpha value is -11.2. The molecular weight excluding hydrogens is 1430 g/mol. The molecule has 22 rings (SSSR count). The van der Waals surface area contributed by atoms with Gasteiger partial charge in [-0.3, -0.25) is 0 Å². The summed E-state index contributed by atoms with van der Waals surface area (Å²) in [6.07, 6.45) is 0. The summed E-state index contributed by atoms with van der Waals surface area (Å²) < 4.78 is 16.4. The summed E-state index contributed by atoms with van der Waals surface area (Å²) in [6.45, 7) is -0.412. The van der Waals surface area contributed by atoms with Gasteiger partial charge in [0.1, 0.15) is 0 Å². The molecular formula is C90H55B2N5OSe3. The second-order valence-corrected chi connectivity index (χ2v) is 33.4. The Balaban J connectivity index is 0.868. The first-order chi connectivity index (χ1) is 50.1. The molecule has 101 heavy (non-hydrogen) atoms. The predicted molar refractivity (Wildman–Crippen MR) is 432 cm³/mol. The van der Waals surface area contributed by atoms with Crippen molar-refractivity contribution in [2.75, 3.05) is 24.5 Å². The average Bonchev–Trinajstić information content (AvgIpc) is 0.853. The Morgan fingerprint density at radius 3 is 1.22 bits per heavy atom. The van der Waals surface area contributed by atoms with Crippen molar-refractivity contribution in [2.24, 2.45) is 0 Å². The molecule has 0 saturated carbocycles. The number of para-hydroxylation sites is 6. The zero-order chi connectivity index (χ0) is 66.0. The van der Waals surface area contributed by atoms with Crippen molar-refractivity contribution in [3.63, 3.8) is 0 Å². The molecule has 0 N–H and O–H groups in total. The average molecular weight is 1480 g/mol. The molecule has 4 aliphatic heterocycles. The van der Waals surface area contributed by atoms with Crippen LogP contribution in [0.25, 0.3) is 57.9 Å². The summed E-state index contributed by atoms with van der Waals surface area (Å²) in [5.74, 6) is 1.68. The van der Waals surface area contributed by atoms with Crippen LogP contribution in [-0.2, 0) is 0 Å². The molecule has 15 aromatic carbocycles. The van der Waals surface area contributed by atoms with Gasteiger partial charge in [0.15, 0.2) is 0 Å². The van der Waals surface area contributed by atoms with Gasteiger partial charge in [-0.2, -0.15) is 0 Å². The van der Waals surface area contributed by atoms with Crippen molar-refractivity contribution in [3.05, 3.63) is 334 Å². The van der Waals surface area contributed by atoms with Gasteiger partial charge in [-0.1, -0.05) is 60.7 Å². The number of ether oxygens (including phenoxy) is 1. The number of nitrogens with zero attached hydrogens (tertiary/aromatic N) is 5. The molecule has 470 valence electrons. The summed E-state index contributed by atoms with van der Waals surface area (Å²) in [4.78, 5) is 12.8. The van der Waals surface area contributed by atoms with E-state index in [4.69, 9.17) is 4.74 Å². The molecule has 11 heteroatoms. The summed E-state index contributed by atoms with van der Waals surface area (Å²) in [6, 6.07) is 126. The fraction of sp³-hybridized carbons (Fsp3) is 0. The molecule has 0 saturated heterocycles. The van der Waals surface area contributed by atoms with Crippen molar-refractivity contribution in [1.82, 2.24) is 0 Å². The van der Waals surface area contributed by atoms with Crippen LogP contribution in [0.15, 0.2) is 334 Å². The first-order valence-electron chi connectivity index (χ1n) is 34.4. The van der Waals surface area contributed by atoms with E-state index in [1.165, 1.54) is 96.8 Å². The van der Waals surface area contributed by atoms with E-state index in [1.54, 1.807) is 0 Å². The summed E-state index contributed by atoms with van der Waals surface area (Å²) in [7, 11) is 0. The van der Waals surface area contributed by atoms with Gasteiger partial charge in [0.25, 0.3) is 0 Å². The second kappa shape index (κ2) is 22.7. The van der Waals surface area contributed by atoms with Crippen molar-refractivity contribution >= 4 is 233 Å². The van der Waals surface area contributed by atoms with E-state index >= 15 is 0 Å². The molecule has 0 bridgehead atoms. The molecule has 0 amide bonds. The van der Waals surface area contributed by atoms with E-state index in [0.29, 0.717) is 0 Å². The number of hydrogen-bond acceptors (Lipinski definition) is 6. The van der Waals surface area contributed by atoms with Gasteiger partial charge in [-0.25, -0.2) is 0 Å². The Bertz CT molecular complexity index is 6420. The molecule has 3 aromatic heterocycles. The molecule has 0 fully saturated rings. The number of fused-ring (bicyclic) bond motifs is 17. The van der Waals surface area contributed by atoms with Crippen molar-refractivity contribution in [2.45, 2.75) is 0 Å². The summed E-state index contributed by atoms with van der Waals surface area (Å²) in [5, 5.41) is 7.87. The fourth-order valence-corrected chi connectivity index (χ4v) is 24.3. The van der Waals surface area contributed by atoms with E-state index in [2.05, 4.69) is 358 Å². The van der Waals surface area contributed by atoms with Crippen LogP contribution in [0.5, 0.6) is 11.5 Å². The second-order valence-electron chi connectivity index (χ2n) is 26.6. The Labute approximate surface area is 602 Å². The van der Waals surface area contributed by atoms with Gasteiger partial charge in [0.2, 0.25) is 0 Å². The minimum absolute atomic E-state index is 0.0919. The van der Waals surface area contributed by atoms with Crippen LogP contribution in [-0.4, -0.2) is 56.9 Å². The SMILES string of the molecule is c1ccc(N(c2ccccc2)c2cc3c4c(c2)N(c2ccccc2)c2ccccc2B4c2cc4c(cc2O3)N(c2cccc3[se]c5ccccc5c23)c2cc(N(c3ccccc3)c3cccc5[se]c6ccccc6c35)cc3c2B4c2ccccc2N3c2cccc3[se]c4ccccc4c23)cc1. The number of rotatable bonds is 9. The maximum absolute atomic E-state index is 7.95. The molecule has 0 radical (unpaired) electrons. The molecule has 0 atom stereocenters. The van der Waals surface area contributed by atoms with E-state index in [0.717, 1.165) is 90.7 Å². The third kappa shape index (κ3) is 8.67.